The summed E-state index contributed by atoms with van der Waals surface area (Å²) in [5.41, 5.74) is 1.55. The number of benzene rings is 2. The summed E-state index contributed by atoms with van der Waals surface area (Å²) in [5, 5.41) is 1.40. The summed E-state index contributed by atoms with van der Waals surface area (Å²) >= 11 is 10.6. The quantitative estimate of drug-likeness (QED) is 0.392. The van der Waals surface area contributed by atoms with Crippen molar-refractivity contribution in [3.63, 3.8) is 0 Å². The van der Waals surface area contributed by atoms with Crippen LogP contribution >= 0.6 is 56.8 Å². The first kappa shape index (κ1) is 16.2. The second-order valence-corrected chi connectivity index (χ2v) is 7.32. The van der Waals surface area contributed by atoms with Crippen LogP contribution < -0.4 is 4.74 Å². The SMILES string of the molecule is Fc1ccc(COc2c(I)cc(I)c3cccnc23)c(Cl)c1. The minimum atomic E-state index is -0.357. The monoisotopic (exact) mass is 539 g/mol. The average Bonchev–Trinajstić information content (AvgIpc) is 2.49. The van der Waals surface area contributed by atoms with Crippen molar-refractivity contribution < 1.29 is 9.13 Å². The number of pyridine rings is 1. The smallest absolute Gasteiger partial charge is 0.159 e. The molecule has 0 amide bonds. The van der Waals surface area contributed by atoms with Crippen molar-refractivity contribution in [1.82, 2.24) is 4.98 Å². The molecule has 0 aliphatic rings. The molecule has 0 fully saturated rings. The van der Waals surface area contributed by atoms with Gasteiger partial charge in [-0.3, -0.25) is 4.98 Å². The molecular formula is C16H9ClFI2NO. The predicted octanol–water partition coefficient (Wildman–Crippen LogP) is 5.82. The predicted molar refractivity (Wildman–Crippen MR) is 103 cm³/mol. The van der Waals surface area contributed by atoms with Gasteiger partial charge in [0.15, 0.2) is 5.75 Å². The Morgan fingerprint density at radius 1 is 1.14 bits per heavy atom. The third kappa shape index (κ3) is 3.30. The Bertz CT molecular complexity index is 857. The first-order chi connectivity index (χ1) is 10.6. The molecule has 2 aromatic carbocycles. The molecule has 6 heteroatoms. The zero-order chi connectivity index (χ0) is 15.7. The molecule has 0 saturated heterocycles. The largest absolute Gasteiger partial charge is 0.485 e. The van der Waals surface area contributed by atoms with E-state index in [0.29, 0.717) is 5.02 Å². The molecule has 0 bridgehead atoms. The van der Waals surface area contributed by atoms with Crippen molar-refractivity contribution >= 4 is 67.7 Å². The lowest BCUT2D eigenvalue weighted by Gasteiger charge is -2.13. The molecule has 22 heavy (non-hydrogen) atoms. The summed E-state index contributed by atoms with van der Waals surface area (Å²) in [6.45, 7) is 0.265. The van der Waals surface area contributed by atoms with Gasteiger partial charge in [0.2, 0.25) is 0 Å². The first-order valence-electron chi connectivity index (χ1n) is 6.35. The van der Waals surface area contributed by atoms with E-state index in [1.54, 1.807) is 12.3 Å². The number of hydrogen-bond donors (Lipinski definition) is 0. The molecule has 0 saturated carbocycles. The van der Waals surface area contributed by atoms with Crippen LogP contribution in [0.3, 0.4) is 0 Å². The molecule has 1 heterocycles. The molecule has 3 rings (SSSR count). The average molecular weight is 540 g/mol. The number of halogens is 4. The van der Waals surface area contributed by atoms with Gasteiger partial charge < -0.3 is 4.74 Å². The second-order valence-electron chi connectivity index (χ2n) is 4.59. The molecule has 0 N–H and O–H groups in total. The van der Waals surface area contributed by atoms with E-state index in [9.17, 15) is 4.39 Å². The van der Waals surface area contributed by atoms with E-state index in [2.05, 4.69) is 50.2 Å². The third-order valence-corrected chi connectivity index (χ3v) is 5.18. The van der Waals surface area contributed by atoms with Crippen LogP contribution in [0.15, 0.2) is 42.6 Å². The maximum Gasteiger partial charge on any atom is 0.159 e. The van der Waals surface area contributed by atoms with Crippen LogP contribution in [-0.4, -0.2) is 4.98 Å². The topological polar surface area (TPSA) is 22.1 Å². The van der Waals surface area contributed by atoms with Gasteiger partial charge in [-0.25, -0.2) is 4.39 Å². The Hall–Kier alpha value is -0.670. The highest BCUT2D eigenvalue weighted by atomic mass is 127. The van der Waals surface area contributed by atoms with Gasteiger partial charge in [0.25, 0.3) is 0 Å². The minimum Gasteiger partial charge on any atom is -0.485 e. The number of fused-ring (bicyclic) bond motifs is 1. The van der Waals surface area contributed by atoms with E-state index in [4.69, 9.17) is 16.3 Å². The van der Waals surface area contributed by atoms with Crippen LogP contribution in [0, 0.1) is 13.0 Å². The fourth-order valence-electron chi connectivity index (χ4n) is 2.07. The highest BCUT2D eigenvalue weighted by molar-refractivity contribution is 14.1. The van der Waals surface area contributed by atoms with Crippen molar-refractivity contribution in [2.24, 2.45) is 0 Å². The maximum absolute atomic E-state index is 13.1. The van der Waals surface area contributed by atoms with Gasteiger partial charge in [-0.1, -0.05) is 23.7 Å². The van der Waals surface area contributed by atoms with Crippen LogP contribution in [0.1, 0.15) is 5.56 Å². The van der Waals surface area contributed by atoms with Crippen molar-refractivity contribution in [3.05, 3.63) is 66.1 Å². The summed E-state index contributed by atoms with van der Waals surface area (Å²) in [6.07, 6.45) is 1.74. The molecule has 2 nitrogen and oxygen atoms in total. The van der Waals surface area contributed by atoms with E-state index in [1.165, 1.54) is 12.1 Å². The first-order valence-corrected chi connectivity index (χ1v) is 8.89. The lowest BCUT2D eigenvalue weighted by molar-refractivity contribution is 0.307. The minimum absolute atomic E-state index is 0.265. The molecule has 112 valence electrons. The van der Waals surface area contributed by atoms with E-state index in [-0.39, 0.29) is 12.4 Å². The van der Waals surface area contributed by atoms with Gasteiger partial charge in [-0.2, -0.15) is 0 Å². The summed E-state index contributed by atoms with van der Waals surface area (Å²) in [6, 6.07) is 10.3. The van der Waals surface area contributed by atoms with Crippen LogP contribution in [0.4, 0.5) is 4.39 Å². The summed E-state index contributed by atoms with van der Waals surface area (Å²) in [5.74, 6) is 0.363. The number of ether oxygens (including phenoxy) is 1. The maximum atomic E-state index is 13.1. The van der Waals surface area contributed by atoms with Gasteiger partial charge in [-0.05, 0) is 69.4 Å². The fraction of sp³-hybridized carbons (Fsp3) is 0.0625. The van der Waals surface area contributed by atoms with E-state index in [1.807, 2.05) is 18.2 Å². The van der Waals surface area contributed by atoms with E-state index >= 15 is 0 Å². The molecule has 0 spiro atoms. The molecule has 1 aromatic heterocycles. The highest BCUT2D eigenvalue weighted by Crippen LogP contribution is 2.33. The Kier molecular flexibility index (Phi) is 5.03. The summed E-state index contributed by atoms with van der Waals surface area (Å²) in [7, 11) is 0. The molecule has 0 unspecified atom stereocenters. The zero-order valence-electron chi connectivity index (χ0n) is 11.1. The number of hydrogen-bond acceptors (Lipinski definition) is 2. The Morgan fingerprint density at radius 3 is 2.73 bits per heavy atom. The zero-order valence-corrected chi connectivity index (χ0v) is 16.2. The van der Waals surface area contributed by atoms with Gasteiger partial charge in [0.1, 0.15) is 17.9 Å². The Morgan fingerprint density at radius 2 is 1.95 bits per heavy atom. The Labute approximate surface area is 159 Å². The number of aromatic nitrogens is 1. The highest BCUT2D eigenvalue weighted by Gasteiger charge is 2.12. The third-order valence-electron chi connectivity index (χ3n) is 3.14. The van der Waals surface area contributed by atoms with Gasteiger partial charge in [0.05, 0.1) is 8.59 Å². The Balaban J connectivity index is 1.97. The van der Waals surface area contributed by atoms with Crippen molar-refractivity contribution in [2.75, 3.05) is 0 Å². The van der Waals surface area contributed by atoms with E-state index in [0.717, 1.165) is 29.4 Å². The van der Waals surface area contributed by atoms with Crippen LogP contribution in [-0.2, 0) is 6.61 Å². The lowest BCUT2D eigenvalue weighted by atomic mass is 10.2. The van der Waals surface area contributed by atoms with Crippen LogP contribution in [0.25, 0.3) is 10.9 Å². The van der Waals surface area contributed by atoms with Gasteiger partial charge in [0, 0.05) is 20.7 Å². The standard InChI is InChI=1S/C16H9ClFI2NO/c17-12-6-10(18)4-3-9(12)8-22-16-14(20)7-13(19)11-2-1-5-21-15(11)16/h1-7H,8H2. The molecule has 0 radical (unpaired) electrons. The summed E-state index contributed by atoms with van der Waals surface area (Å²) < 4.78 is 21.1. The summed E-state index contributed by atoms with van der Waals surface area (Å²) in [4.78, 5) is 4.42. The molecule has 0 aliphatic heterocycles. The van der Waals surface area contributed by atoms with Crippen molar-refractivity contribution in [2.45, 2.75) is 6.61 Å². The number of nitrogens with zero attached hydrogens (tertiary/aromatic N) is 1. The number of rotatable bonds is 3. The fourth-order valence-corrected chi connectivity index (χ4v) is 4.36. The van der Waals surface area contributed by atoms with Crippen molar-refractivity contribution in [1.29, 1.82) is 0 Å². The molecule has 0 aliphatic carbocycles. The van der Waals surface area contributed by atoms with Gasteiger partial charge >= 0.3 is 0 Å². The van der Waals surface area contributed by atoms with Crippen LogP contribution in [0.2, 0.25) is 5.02 Å². The van der Waals surface area contributed by atoms with Crippen LogP contribution in [0.5, 0.6) is 5.75 Å². The molecule has 0 atom stereocenters. The molecular weight excluding hydrogens is 530 g/mol. The normalized spacial score (nSPS) is 10.9. The van der Waals surface area contributed by atoms with E-state index < -0.39 is 0 Å². The lowest BCUT2D eigenvalue weighted by Crippen LogP contribution is -2.00. The van der Waals surface area contributed by atoms with Crippen molar-refractivity contribution in [3.8, 4) is 5.75 Å². The molecule has 3 aromatic rings. The van der Waals surface area contributed by atoms with Gasteiger partial charge in [-0.15, -0.1) is 0 Å². The second kappa shape index (κ2) is 6.84.